The monoisotopic (exact) mass is 272 g/mol. The van der Waals surface area contributed by atoms with Crippen molar-refractivity contribution in [1.82, 2.24) is 0 Å². The number of aryl methyl sites for hydroxylation is 1. The van der Waals surface area contributed by atoms with Gasteiger partial charge in [0.05, 0.1) is 5.56 Å². The molecule has 0 unspecified atom stereocenters. The van der Waals surface area contributed by atoms with Gasteiger partial charge in [-0.1, -0.05) is 19.9 Å². The van der Waals surface area contributed by atoms with Crippen LogP contribution in [-0.4, -0.2) is 6.29 Å². The van der Waals surface area contributed by atoms with E-state index in [-0.39, 0.29) is 5.56 Å². The first-order valence-electron chi connectivity index (χ1n) is 6.54. The number of ether oxygens (including phenoxy) is 1. The Bertz CT molecular complexity index is 633. The Morgan fingerprint density at radius 1 is 1.15 bits per heavy atom. The predicted molar refractivity (Wildman–Crippen MR) is 77.1 cm³/mol. The molecule has 20 heavy (non-hydrogen) atoms. The maximum Gasteiger partial charge on any atom is 0.153 e. The molecule has 0 aliphatic carbocycles. The van der Waals surface area contributed by atoms with Gasteiger partial charge in [-0.15, -0.1) is 0 Å². The topological polar surface area (TPSA) is 26.3 Å². The van der Waals surface area contributed by atoms with E-state index < -0.39 is 5.82 Å². The molecule has 0 aliphatic rings. The van der Waals surface area contributed by atoms with E-state index in [2.05, 4.69) is 13.8 Å². The number of halogens is 1. The SMILES string of the molecule is Cc1cc(Oc2ccc(F)cc2C=O)ccc1C(C)C. The van der Waals surface area contributed by atoms with Crippen molar-refractivity contribution in [3.05, 3.63) is 58.9 Å². The molecule has 0 saturated carbocycles. The van der Waals surface area contributed by atoms with Gasteiger partial charge >= 0.3 is 0 Å². The summed E-state index contributed by atoms with van der Waals surface area (Å²) in [7, 11) is 0. The highest BCUT2D eigenvalue weighted by Crippen LogP contribution is 2.28. The summed E-state index contributed by atoms with van der Waals surface area (Å²) in [5.41, 5.74) is 2.59. The van der Waals surface area contributed by atoms with Crippen LogP contribution in [-0.2, 0) is 0 Å². The fraction of sp³-hybridized carbons (Fsp3) is 0.235. The summed E-state index contributed by atoms with van der Waals surface area (Å²) >= 11 is 0. The minimum absolute atomic E-state index is 0.204. The van der Waals surface area contributed by atoms with Gasteiger partial charge < -0.3 is 4.74 Å². The molecule has 0 atom stereocenters. The van der Waals surface area contributed by atoms with Gasteiger partial charge in [0.15, 0.2) is 6.29 Å². The van der Waals surface area contributed by atoms with Crippen LogP contribution in [0.3, 0.4) is 0 Å². The number of carbonyl (C=O) groups is 1. The van der Waals surface area contributed by atoms with Crippen LogP contribution in [0.5, 0.6) is 11.5 Å². The van der Waals surface area contributed by atoms with Crippen LogP contribution in [0.2, 0.25) is 0 Å². The summed E-state index contributed by atoms with van der Waals surface area (Å²) in [6.45, 7) is 6.29. The van der Waals surface area contributed by atoms with E-state index in [0.717, 1.165) is 11.6 Å². The molecule has 0 spiro atoms. The zero-order valence-electron chi connectivity index (χ0n) is 11.8. The molecule has 2 nitrogen and oxygen atoms in total. The van der Waals surface area contributed by atoms with Crippen LogP contribution in [0.15, 0.2) is 36.4 Å². The highest BCUT2D eigenvalue weighted by Gasteiger charge is 2.08. The lowest BCUT2D eigenvalue weighted by atomic mass is 9.98. The van der Waals surface area contributed by atoms with Gasteiger partial charge in [0.2, 0.25) is 0 Å². The standard InChI is InChI=1S/C17H17FO2/c1-11(2)16-6-5-15(8-12(16)3)20-17-7-4-14(18)9-13(17)10-19/h4-11H,1-3H3. The third-order valence-corrected chi connectivity index (χ3v) is 3.19. The fourth-order valence-electron chi connectivity index (χ4n) is 2.19. The summed E-state index contributed by atoms with van der Waals surface area (Å²) in [4.78, 5) is 10.9. The minimum Gasteiger partial charge on any atom is -0.457 e. The second kappa shape index (κ2) is 5.87. The third-order valence-electron chi connectivity index (χ3n) is 3.19. The molecular weight excluding hydrogens is 255 g/mol. The van der Waals surface area contributed by atoms with Crippen molar-refractivity contribution in [3.8, 4) is 11.5 Å². The average Bonchev–Trinajstić information content (AvgIpc) is 2.40. The number of hydrogen-bond acceptors (Lipinski definition) is 2. The van der Waals surface area contributed by atoms with Crippen molar-refractivity contribution in [2.24, 2.45) is 0 Å². The number of hydrogen-bond donors (Lipinski definition) is 0. The largest absolute Gasteiger partial charge is 0.457 e. The van der Waals surface area contributed by atoms with Crippen molar-refractivity contribution < 1.29 is 13.9 Å². The lowest BCUT2D eigenvalue weighted by Gasteiger charge is -2.13. The first kappa shape index (κ1) is 14.3. The molecular formula is C17H17FO2. The molecule has 0 radical (unpaired) electrons. The van der Waals surface area contributed by atoms with Crippen molar-refractivity contribution in [2.45, 2.75) is 26.7 Å². The quantitative estimate of drug-likeness (QED) is 0.743. The number of rotatable bonds is 4. The summed E-state index contributed by atoms with van der Waals surface area (Å²) in [6.07, 6.45) is 0.591. The lowest BCUT2D eigenvalue weighted by Crippen LogP contribution is -1.95. The number of aldehydes is 1. The normalized spacial score (nSPS) is 10.7. The van der Waals surface area contributed by atoms with Crippen molar-refractivity contribution in [2.75, 3.05) is 0 Å². The van der Waals surface area contributed by atoms with Gasteiger partial charge in [0.1, 0.15) is 17.3 Å². The Morgan fingerprint density at radius 2 is 1.90 bits per heavy atom. The highest BCUT2D eigenvalue weighted by molar-refractivity contribution is 5.79. The van der Waals surface area contributed by atoms with E-state index in [4.69, 9.17) is 4.74 Å². The zero-order valence-corrected chi connectivity index (χ0v) is 11.8. The van der Waals surface area contributed by atoms with E-state index in [1.165, 1.54) is 17.7 Å². The molecule has 104 valence electrons. The molecule has 2 aromatic rings. The van der Waals surface area contributed by atoms with Crippen LogP contribution in [0.4, 0.5) is 4.39 Å². The number of benzene rings is 2. The highest BCUT2D eigenvalue weighted by atomic mass is 19.1. The average molecular weight is 272 g/mol. The first-order chi connectivity index (χ1) is 9.51. The summed E-state index contributed by atoms with van der Waals surface area (Å²) < 4.78 is 18.7. The van der Waals surface area contributed by atoms with E-state index in [1.807, 2.05) is 25.1 Å². The Kier molecular flexibility index (Phi) is 4.18. The van der Waals surface area contributed by atoms with Gasteiger partial charge in [-0.05, 0) is 54.3 Å². The molecule has 2 rings (SSSR count). The smallest absolute Gasteiger partial charge is 0.153 e. The van der Waals surface area contributed by atoms with Gasteiger partial charge in [-0.3, -0.25) is 4.79 Å². The van der Waals surface area contributed by atoms with E-state index in [1.54, 1.807) is 0 Å². The van der Waals surface area contributed by atoms with Gasteiger partial charge in [0, 0.05) is 0 Å². The van der Waals surface area contributed by atoms with Crippen molar-refractivity contribution in [3.63, 3.8) is 0 Å². The predicted octanol–water partition coefficient (Wildman–Crippen LogP) is 4.86. The molecule has 0 saturated heterocycles. The van der Waals surface area contributed by atoms with E-state index in [9.17, 15) is 9.18 Å². The summed E-state index contributed by atoms with van der Waals surface area (Å²) in [5.74, 6) is 0.992. The molecule has 0 amide bonds. The molecule has 0 bridgehead atoms. The molecule has 3 heteroatoms. The van der Waals surface area contributed by atoms with Gasteiger partial charge in [0.25, 0.3) is 0 Å². The minimum atomic E-state index is -0.453. The molecule has 0 heterocycles. The third kappa shape index (κ3) is 3.05. The summed E-state index contributed by atoms with van der Waals surface area (Å²) in [5, 5.41) is 0. The van der Waals surface area contributed by atoms with Gasteiger partial charge in [-0.2, -0.15) is 0 Å². The molecule has 2 aromatic carbocycles. The molecule has 0 aromatic heterocycles. The van der Waals surface area contributed by atoms with Crippen molar-refractivity contribution in [1.29, 1.82) is 0 Å². The Morgan fingerprint density at radius 3 is 2.50 bits per heavy atom. The Hall–Kier alpha value is -2.16. The van der Waals surface area contributed by atoms with Crippen LogP contribution >= 0.6 is 0 Å². The van der Waals surface area contributed by atoms with Gasteiger partial charge in [-0.25, -0.2) is 4.39 Å². The fourth-order valence-corrected chi connectivity index (χ4v) is 2.19. The van der Waals surface area contributed by atoms with Crippen LogP contribution in [0.25, 0.3) is 0 Å². The van der Waals surface area contributed by atoms with E-state index >= 15 is 0 Å². The van der Waals surface area contributed by atoms with Crippen molar-refractivity contribution >= 4 is 6.29 Å². The maximum atomic E-state index is 13.1. The molecule has 0 N–H and O–H groups in total. The molecule has 0 aliphatic heterocycles. The molecule has 0 fully saturated rings. The Balaban J connectivity index is 2.31. The van der Waals surface area contributed by atoms with Crippen LogP contribution in [0, 0.1) is 12.7 Å². The summed E-state index contributed by atoms with van der Waals surface area (Å²) in [6, 6.07) is 9.70. The maximum absolute atomic E-state index is 13.1. The lowest BCUT2D eigenvalue weighted by molar-refractivity contribution is 0.112. The van der Waals surface area contributed by atoms with Crippen LogP contribution < -0.4 is 4.74 Å². The zero-order chi connectivity index (χ0) is 14.7. The second-order valence-corrected chi connectivity index (χ2v) is 5.08. The Labute approximate surface area is 118 Å². The number of carbonyl (C=O) groups excluding carboxylic acids is 1. The second-order valence-electron chi connectivity index (χ2n) is 5.08. The first-order valence-corrected chi connectivity index (χ1v) is 6.54. The van der Waals surface area contributed by atoms with Crippen LogP contribution in [0.1, 0.15) is 41.3 Å². The van der Waals surface area contributed by atoms with E-state index in [0.29, 0.717) is 23.7 Å².